The quantitative estimate of drug-likeness (QED) is 0.911. The molecule has 0 radical (unpaired) electrons. The van der Waals surface area contributed by atoms with Crippen molar-refractivity contribution in [3.8, 4) is 0 Å². The second kappa shape index (κ2) is 6.28. The van der Waals surface area contributed by atoms with E-state index in [1.165, 1.54) is 0 Å². The lowest BCUT2D eigenvalue weighted by molar-refractivity contribution is -0.139. The number of nitrogens with zero attached hydrogens (tertiary/aromatic N) is 1. The van der Waals surface area contributed by atoms with E-state index in [4.69, 9.17) is 4.42 Å². The summed E-state index contributed by atoms with van der Waals surface area (Å²) in [6, 6.07) is 3.15. The van der Waals surface area contributed by atoms with Gasteiger partial charge in [-0.25, -0.2) is 0 Å². The number of hydrogen-bond donors (Lipinski definition) is 1. The maximum absolute atomic E-state index is 12.4. The Morgan fingerprint density at radius 2 is 2.00 bits per heavy atom. The molecule has 1 aliphatic rings. The summed E-state index contributed by atoms with van der Waals surface area (Å²) in [6.45, 7) is 3.07. The lowest BCUT2D eigenvalue weighted by Gasteiger charge is -2.34. The molecule has 0 aromatic carbocycles. The van der Waals surface area contributed by atoms with Crippen LogP contribution in [0.3, 0.4) is 0 Å². The molecule has 1 aromatic rings. The molecule has 19 heavy (non-hydrogen) atoms. The van der Waals surface area contributed by atoms with E-state index in [2.05, 4.69) is 21.2 Å². The summed E-state index contributed by atoms with van der Waals surface area (Å²) in [7, 11) is 0. The van der Waals surface area contributed by atoms with Gasteiger partial charge in [-0.3, -0.25) is 4.90 Å². The second-order valence-corrected chi connectivity index (χ2v) is 5.38. The smallest absolute Gasteiger partial charge is 0.389 e. The average Bonchev–Trinajstić information content (AvgIpc) is 2.76. The number of hydrogen-bond acceptors (Lipinski definition) is 3. The van der Waals surface area contributed by atoms with Gasteiger partial charge in [0.05, 0.1) is 6.04 Å². The van der Waals surface area contributed by atoms with Crippen LogP contribution in [0.1, 0.15) is 24.6 Å². The highest BCUT2D eigenvalue weighted by molar-refractivity contribution is 9.10. The highest BCUT2D eigenvalue weighted by Crippen LogP contribution is 2.33. The van der Waals surface area contributed by atoms with Crippen LogP contribution in [0, 0.1) is 0 Å². The van der Waals surface area contributed by atoms with Crippen LogP contribution in [0.25, 0.3) is 0 Å². The van der Waals surface area contributed by atoms with E-state index in [0.717, 1.165) is 26.2 Å². The Kier molecular flexibility index (Phi) is 4.92. The van der Waals surface area contributed by atoms with Crippen molar-refractivity contribution in [2.24, 2.45) is 0 Å². The van der Waals surface area contributed by atoms with Crippen molar-refractivity contribution in [2.75, 3.05) is 26.2 Å². The topological polar surface area (TPSA) is 28.4 Å². The molecule has 0 spiro atoms. The van der Waals surface area contributed by atoms with Crippen LogP contribution in [0.15, 0.2) is 21.2 Å². The molecule has 7 heteroatoms. The van der Waals surface area contributed by atoms with E-state index in [1.807, 2.05) is 4.90 Å². The van der Waals surface area contributed by atoms with Crippen LogP contribution in [-0.4, -0.2) is 37.3 Å². The largest absolute Gasteiger partial charge is 0.453 e. The molecule has 0 unspecified atom stereocenters. The van der Waals surface area contributed by atoms with Gasteiger partial charge in [0.1, 0.15) is 5.76 Å². The lowest BCUT2D eigenvalue weighted by atomic mass is 10.1. The average molecular weight is 341 g/mol. The first kappa shape index (κ1) is 14.9. The Labute approximate surface area is 118 Å². The number of alkyl halides is 3. The molecule has 2 rings (SSSR count). The highest BCUT2D eigenvalue weighted by atomic mass is 79.9. The number of halogens is 4. The zero-order valence-corrected chi connectivity index (χ0v) is 11.9. The second-order valence-electron chi connectivity index (χ2n) is 4.60. The summed E-state index contributed by atoms with van der Waals surface area (Å²) in [6.07, 6.45) is -4.89. The van der Waals surface area contributed by atoms with Crippen LogP contribution in [-0.2, 0) is 0 Å². The van der Waals surface area contributed by atoms with Gasteiger partial charge in [0.25, 0.3) is 0 Å². The predicted octanol–water partition coefficient (Wildman–Crippen LogP) is 3.33. The van der Waals surface area contributed by atoms with E-state index in [9.17, 15) is 13.2 Å². The molecular formula is C12H16BrF3N2O. The van der Waals surface area contributed by atoms with Gasteiger partial charge in [-0.05, 0) is 34.5 Å². The van der Waals surface area contributed by atoms with Gasteiger partial charge in [0.15, 0.2) is 4.67 Å². The van der Waals surface area contributed by atoms with E-state index in [0.29, 0.717) is 10.4 Å². The van der Waals surface area contributed by atoms with Crippen molar-refractivity contribution < 1.29 is 17.6 Å². The van der Waals surface area contributed by atoms with Gasteiger partial charge < -0.3 is 9.73 Å². The molecular weight excluding hydrogens is 325 g/mol. The number of furan rings is 1. The van der Waals surface area contributed by atoms with Crippen molar-refractivity contribution in [1.82, 2.24) is 10.2 Å². The molecule has 0 bridgehead atoms. The molecule has 1 N–H and O–H groups in total. The van der Waals surface area contributed by atoms with Crippen molar-refractivity contribution in [3.05, 3.63) is 22.6 Å². The minimum absolute atomic E-state index is 0.0312. The summed E-state index contributed by atoms with van der Waals surface area (Å²) in [5, 5.41) is 3.19. The van der Waals surface area contributed by atoms with Gasteiger partial charge in [-0.1, -0.05) is 0 Å². The molecule has 1 aromatic heterocycles. The SMILES string of the molecule is FC(F)(F)CC[C@@H](c1ccc(Br)o1)N1CCNCC1. The Balaban J connectivity index is 2.08. The summed E-state index contributed by atoms with van der Waals surface area (Å²) in [5.74, 6) is 0.595. The third-order valence-electron chi connectivity index (χ3n) is 3.22. The summed E-state index contributed by atoms with van der Waals surface area (Å²) in [4.78, 5) is 2.05. The van der Waals surface area contributed by atoms with Crippen molar-refractivity contribution in [3.63, 3.8) is 0 Å². The highest BCUT2D eigenvalue weighted by Gasteiger charge is 2.32. The standard InChI is InChI=1S/C12H16BrF3N2O/c13-11-2-1-10(19-11)9(3-4-12(14,15)16)18-7-5-17-6-8-18/h1-2,9,17H,3-8H2/t9-/m0/s1. The van der Waals surface area contributed by atoms with E-state index in [-0.39, 0.29) is 12.5 Å². The fourth-order valence-corrected chi connectivity index (χ4v) is 2.63. The number of nitrogens with one attached hydrogen (secondary N) is 1. The molecule has 1 saturated heterocycles. The minimum atomic E-state index is -4.13. The molecule has 2 heterocycles. The monoisotopic (exact) mass is 340 g/mol. The van der Waals surface area contributed by atoms with Gasteiger partial charge in [-0.2, -0.15) is 13.2 Å². The Hall–Kier alpha value is -0.530. The van der Waals surface area contributed by atoms with E-state index >= 15 is 0 Å². The maximum atomic E-state index is 12.4. The Morgan fingerprint density at radius 3 is 2.53 bits per heavy atom. The maximum Gasteiger partial charge on any atom is 0.389 e. The third-order valence-corrected chi connectivity index (χ3v) is 3.64. The van der Waals surface area contributed by atoms with Crippen LogP contribution in [0.2, 0.25) is 0 Å². The van der Waals surface area contributed by atoms with Crippen LogP contribution < -0.4 is 5.32 Å². The molecule has 1 fully saturated rings. The Bertz CT molecular complexity index is 402. The molecule has 0 aliphatic carbocycles. The van der Waals surface area contributed by atoms with Gasteiger partial charge in [-0.15, -0.1) is 0 Å². The van der Waals surface area contributed by atoms with Gasteiger partial charge in [0, 0.05) is 32.6 Å². The van der Waals surface area contributed by atoms with Crippen molar-refractivity contribution in [1.29, 1.82) is 0 Å². The fraction of sp³-hybridized carbons (Fsp3) is 0.667. The first-order valence-corrected chi connectivity index (χ1v) is 7.02. The van der Waals surface area contributed by atoms with Crippen molar-refractivity contribution in [2.45, 2.75) is 25.1 Å². The van der Waals surface area contributed by atoms with Crippen LogP contribution >= 0.6 is 15.9 Å². The summed E-state index contributed by atoms with van der Waals surface area (Å²) >= 11 is 3.20. The first-order valence-electron chi connectivity index (χ1n) is 6.22. The molecule has 3 nitrogen and oxygen atoms in total. The molecule has 0 amide bonds. The minimum Gasteiger partial charge on any atom is -0.453 e. The summed E-state index contributed by atoms with van der Waals surface area (Å²) < 4.78 is 43.3. The predicted molar refractivity (Wildman–Crippen MR) is 68.9 cm³/mol. The molecule has 1 atom stereocenters. The fourth-order valence-electron chi connectivity index (χ4n) is 2.31. The van der Waals surface area contributed by atoms with E-state index in [1.54, 1.807) is 12.1 Å². The van der Waals surface area contributed by atoms with Gasteiger partial charge in [0.2, 0.25) is 0 Å². The number of piperazine rings is 1. The molecule has 108 valence electrons. The molecule has 0 saturated carbocycles. The van der Waals surface area contributed by atoms with Crippen molar-refractivity contribution >= 4 is 15.9 Å². The van der Waals surface area contributed by atoms with E-state index < -0.39 is 12.6 Å². The van der Waals surface area contributed by atoms with Crippen LogP contribution in [0.4, 0.5) is 13.2 Å². The van der Waals surface area contributed by atoms with Gasteiger partial charge >= 0.3 is 6.18 Å². The summed E-state index contributed by atoms with van der Waals surface area (Å²) in [5.41, 5.74) is 0. The zero-order valence-electron chi connectivity index (χ0n) is 10.3. The number of rotatable bonds is 4. The van der Waals surface area contributed by atoms with Crippen LogP contribution in [0.5, 0.6) is 0 Å². The normalized spacial score (nSPS) is 19.6. The Morgan fingerprint density at radius 1 is 1.32 bits per heavy atom. The molecule has 1 aliphatic heterocycles. The third kappa shape index (κ3) is 4.50. The zero-order chi connectivity index (χ0) is 13.9. The lowest BCUT2D eigenvalue weighted by Crippen LogP contribution is -2.45. The first-order chi connectivity index (χ1) is 8.96.